The Balaban J connectivity index is 2.39. The number of benzene rings is 2. The fourth-order valence-electron chi connectivity index (χ4n) is 2.47. The molecular formula is C18H24IOP. The molecule has 0 radical (unpaired) electrons. The molecule has 0 spiro atoms. The predicted octanol–water partition coefficient (Wildman–Crippen LogP) is 5.29. The van der Waals surface area contributed by atoms with Crippen LogP contribution >= 0.6 is 26.5 Å². The maximum atomic E-state index is 6.61. The third kappa shape index (κ3) is 3.85. The Hall–Kier alpha value is -0.440. The summed E-state index contributed by atoms with van der Waals surface area (Å²) < 4.78 is 4.04. The van der Waals surface area contributed by atoms with Gasteiger partial charge < -0.3 is 0 Å². The molecule has 0 saturated heterocycles. The maximum absolute atomic E-state index is 6.61. The van der Waals surface area contributed by atoms with Crippen LogP contribution in [-0.2, 0) is 4.52 Å². The van der Waals surface area contributed by atoms with Gasteiger partial charge in [-0.05, 0) is 0 Å². The van der Waals surface area contributed by atoms with Crippen molar-refractivity contribution in [3.8, 4) is 0 Å². The number of halogens is 1. The van der Waals surface area contributed by atoms with Gasteiger partial charge in [0.05, 0.1) is 0 Å². The van der Waals surface area contributed by atoms with Crippen molar-refractivity contribution in [1.29, 1.82) is 0 Å². The summed E-state index contributed by atoms with van der Waals surface area (Å²) in [6, 6.07) is 21.4. The monoisotopic (exact) mass is 414 g/mol. The van der Waals surface area contributed by atoms with E-state index >= 15 is 0 Å². The van der Waals surface area contributed by atoms with E-state index in [1.165, 1.54) is 23.5 Å². The van der Waals surface area contributed by atoms with Gasteiger partial charge in [0.15, 0.2) is 0 Å². The first-order valence-corrected chi connectivity index (χ1v) is 12.9. The zero-order chi connectivity index (χ0) is 15.2. The minimum atomic E-state index is -2.57. The van der Waals surface area contributed by atoms with E-state index in [1.807, 2.05) is 0 Å². The number of hydrogen-bond donors (Lipinski definition) is 0. The number of rotatable bonds is 7. The Labute approximate surface area is 141 Å². The molecule has 0 fully saturated rings. The molecule has 0 aromatic heterocycles. The number of hydrogen-bond acceptors (Lipinski definition) is 1. The molecule has 0 aliphatic rings. The molecule has 0 atom stereocenters. The normalized spacial score (nSPS) is 13.6. The summed E-state index contributed by atoms with van der Waals surface area (Å²) in [7, 11) is 0. The molecule has 0 saturated carbocycles. The van der Waals surface area contributed by atoms with Crippen molar-refractivity contribution in [2.75, 3.05) is 13.3 Å². The van der Waals surface area contributed by atoms with Crippen LogP contribution in [0.1, 0.15) is 26.2 Å². The first-order chi connectivity index (χ1) is 10.1. The van der Waals surface area contributed by atoms with Crippen LogP contribution in [0.25, 0.3) is 0 Å². The van der Waals surface area contributed by atoms with Crippen LogP contribution < -0.4 is 10.6 Å². The van der Waals surface area contributed by atoms with Gasteiger partial charge in [-0.3, -0.25) is 0 Å². The average Bonchev–Trinajstić information content (AvgIpc) is 2.54. The quantitative estimate of drug-likeness (QED) is 0.340. The average molecular weight is 414 g/mol. The van der Waals surface area contributed by atoms with Crippen molar-refractivity contribution in [2.24, 2.45) is 0 Å². The van der Waals surface area contributed by atoms with Gasteiger partial charge in [0.25, 0.3) is 0 Å². The summed E-state index contributed by atoms with van der Waals surface area (Å²) in [5, 5.41) is 2.62. The molecule has 0 heterocycles. The van der Waals surface area contributed by atoms with Crippen LogP contribution in [0.4, 0.5) is 0 Å². The van der Waals surface area contributed by atoms with Crippen molar-refractivity contribution in [3.63, 3.8) is 0 Å². The zero-order valence-corrected chi connectivity index (χ0v) is 15.9. The fraction of sp³-hybridized carbons (Fsp3) is 0.333. The molecule has 3 heteroatoms. The molecular weight excluding hydrogens is 390 g/mol. The van der Waals surface area contributed by atoms with Crippen LogP contribution in [0.5, 0.6) is 0 Å². The number of unbranched alkanes of at least 4 members (excludes halogenated alkanes) is 2. The first kappa shape index (κ1) is 16.9. The van der Waals surface area contributed by atoms with E-state index in [1.54, 1.807) is 0 Å². The van der Waals surface area contributed by atoms with E-state index < -0.39 is 4.47 Å². The molecule has 2 aromatic carbocycles. The SMILES string of the molecule is CCCCCOP(C)(I)(c1ccccc1)c1ccccc1. The van der Waals surface area contributed by atoms with Gasteiger partial charge in [0.2, 0.25) is 0 Å². The standard InChI is InChI=1S/C18H24IOP/c1-3-4-11-16-20-21(2,19,17-12-7-5-8-13-17)18-14-9-6-10-15-18/h5-10,12-15H,3-4,11,16H2,1-2H3. The Morgan fingerprint density at radius 3 is 1.76 bits per heavy atom. The topological polar surface area (TPSA) is 9.23 Å². The third-order valence-corrected chi connectivity index (χ3v) is 11.8. The Morgan fingerprint density at radius 2 is 1.33 bits per heavy atom. The molecule has 0 aliphatic carbocycles. The van der Waals surface area contributed by atoms with E-state index in [9.17, 15) is 0 Å². The molecule has 0 aliphatic heterocycles. The Kier molecular flexibility index (Phi) is 5.81. The molecule has 2 aromatic rings. The minimum absolute atomic E-state index is 0.828. The van der Waals surface area contributed by atoms with Gasteiger partial charge in [-0.1, -0.05) is 0 Å². The van der Waals surface area contributed by atoms with Gasteiger partial charge in [-0.2, -0.15) is 0 Å². The third-order valence-electron chi connectivity index (χ3n) is 3.84. The summed E-state index contributed by atoms with van der Waals surface area (Å²) >= 11 is 2.60. The first-order valence-electron chi connectivity index (χ1n) is 7.56. The van der Waals surface area contributed by atoms with Gasteiger partial charge in [-0.25, -0.2) is 0 Å². The van der Waals surface area contributed by atoms with Gasteiger partial charge in [-0.15, -0.1) is 0 Å². The molecule has 0 unspecified atom stereocenters. The van der Waals surface area contributed by atoms with Crippen molar-refractivity contribution in [1.82, 2.24) is 0 Å². The molecule has 1 nitrogen and oxygen atoms in total. The van der Waals surface area contributed by atoms with E-state index in [0.717, 1.165) is 13.0 Å². The van der Waals surface area contributed by atoms with E-state index in [2.05, 4.69) is 96.3 Å². The molecule has 0 N–H and O–H groups in total. The molecule has 21 heavy (non-hydrogen) atoms. The van der Waals surface area contributed by atoms with Crippen molar-refractivity contribution >= 4 is 37.1 Å². The van der Waals surface area contributed by atoms with Crippen molar-refractivity contribution in [3.05, 3.63) is 60.7 Å². The molecule has 0 bridgehead atoms. The molecule has 2 rings (SSSR count). The van der Waals surface area contributed by atoms with Gasteiger partial charge in [0, 0.05) is 0 Å². The predicted molar refractivity (Wildman–Crippen MR) is 104 cm³/mol. The van der Waals surface area contributed by atoms with Crippen molar-refractivity contribution < 1.29 is 4.52 Å². The van der Waals surface area contributed by atoms with E-state index in [-0.39, 0.29) is 0 Å². The summed E-state index contributed by atoms with van der Waals surface area (Å²) in [4.78, 5) is 0. The Morgan fingerprint density at radius 1 is 0.857 bits per heavy atom. The summed E-state index contributed by atoms with van der Waals surface area (Å²) in [6.07, 6.45) is 3.58. The van der Waals surface area contributed by atoms with Crippen LogP contribution in [0.3, 0.4) is 0 Å². The summed E-state index contributed by atoms with van der Waals surface area (Å²) in [6.45, 7) is 5.36. The fourth-order valence-corrected chi connectivity index (χ4v) is 7.86. The van der Waals surface area contributed by atoms with Gasteiger partial charge >= 0.3 is 142 Å². The summed E-state index contributed by atoms with van der Waals surface area (Å²) in [5.74, 6) is 0. The Bertz CT molecular complexity index is 510. The summed E-state index contributed by atoms with van der Waals surface area (Å²) in [5.41, 5.74) is 0. The van der Waals surface area contributed by atoms with Crippen LogP contribution in [0, 0.1) is 0 Å². The van der Waals surface area contributed by atoms with E-state index in [0.29, 0.717) is 0 Å². The second-order valence-corrected chi connectivity index (χ2v) is 16.5. The molecule has 114 valence electrons. The zero-order valence-electron chi connectivity index (χ0n) is 12.8. The van der Waals surface area contributed by atoms with Crippen molar-refractivity contribution in [2.45, 2.75) is 26.2 Å². The second-order valence-electron chi connectivity index (χ2n) is 5.54. The molecule has 0 amide bonds. The van der Waals surface area contributed by atoms with E-state index in [4.69, 9.17) is 4.52 Å². The van der Waals surface area contributed by atoms with Crippen LogP contribution in [0.15, 0.2) is 60.7 Å². The second kappa shape index (κ2) is 7.21. The van der Waals surface area contributed by atoms with Gasteiger partial charge in [0.1, 0.15) is 0 Å². The van der Waals surface area contributed by atoms with Crippen LogP contribution in [0.2, 0.25) is 0 Å². The van der Waals surface area contributed by atoms with Crippen LogP contribution in [-0.4, -0.2) is 13.3 Å².